The maximum Gasteiger partial charge on any atom is 0.272 e. The number of anilines is 1. The average Bonchev–Trinajstić information content (AvgIpc) is 3.36. The molecule has 8 nitrogen and oxygen atoms in total. The van der Waals surface area contributed by atoms with Gasteiger partial charge in [0.05, 0.1) is 5.69 Å². The van der Waals surface area contributed by atoms with E-state index in [-0.39, 0.29) is 11.9 Å². The lowest BCUT2D eigenvalue weighted by Crippen LogP contribution is -2.48. The summed E-state index contributed by atoms with van der Waals surface area (Å²) in [6.07, 6.45) is 8.17. The van der Waals surface area contributed by atoms with E-state index in [1.165, 1.54) is 18.5 Å². The Kier molecular flexibility index (Phi) is 4.07. The Morgan fingerprint density at radius 3 is 2.82 bits per heavy atom. The van der Waals surface area contributed by atoms with Gasteiger partial charge < -0.3 is 10.2 Å². The predicted octanol–water partition coefficient (Wildman–Crippen LogP) is 2.05. The molecule has 3 aromatic heterocycles. The minimum Gasteiger partial charge on any atom is -0.353 e. The normalized spacial score (nSPS) is 19.9. The first kappa shape index (κ1) is 17.2. The van der Waals surface area contributed by atoms with Crippen molar-refractivity contribution in [3.8, 4) is 0 Å². The smallest absolute Gasteiger partial charge is 0.272 e. The highest BCUT2D eigenvalue weighted by molar-refractivity contribution is 5.92. The van der Waals surface area contributed by atoms with Crippen molar-refractivity contribution in [3.05, 3.63) is 41.6 Å². The number of nitrogens with zero attached hydrogens (tertiary/aromatic N) is 6. The van der Waals surface area contributed by atoms with E-state index in [2.05, 4.69) is 26.4 Å². The lowest BCUT2D eigenvalue weighted by atomic mass is 10.1. The van der Waals surface area contributed by atoms with Gasteiger partial charge in [0, 0.05) is 50.2 Å². The number of hydrogen-bond donors (Lipinski definition) is 1. The first-order chi connectivity index (χ1) is 13.6. The largest absolute Gasteiger partial charge is 0.353 e. The number of amides is 1. The molecule has 28 heavy (non-hydrogen) atoms. The fourth-order valence-corrected chi connectivity index (χ4v) is 3.97. The molecule has 8 heteroatoms. The number of piperidine rings is 1. The lowest BCUT2D eigenvalue weighted by molar-refractivity contribution is 0.0927. The van der Waals surface area contributed by atoms with E-state index in [0.717, 1.165) is 43.0 Å². The van der Waals surface area contributed by atoms with Crippen LogP contribution in [0.4, 0.5) is 5.82 Å². The van der Waals surface area contributed by atoms with Gasteiger partial charge in [-0.15, -0.1) is 0 Å². The average molecular weight is 379 g/mol. The molecule has 1 saturated heterocycles. The van der Waals surface area contributed by atoms with E-state index >= 15 is 0 Å². The Balaban J connectivity index is 1.34. The fraction of sp³-hybridized carbons (Fsp3) is 0.500. The topological polar surface area (TPSA) is 80.3 Å². The van der Waals surface area contributed by atoms with Crippen LogP contribution in [0.2, 0.25) is 0 Å². The van der Waals surface area contributed by atoms with Gasteiger partial charge in [-0.25, -0.2) is 9.50 Å². The fourth-order valence-electron chi connectivity index (χ4n) is 3.97. The summed E-state index contributed by atoms with van der Waals surface area (Å²) < 4.78 is 3.67. The third-order valence-electron chi connectivity index (χ3n) is 5.79. The van der Waals surface area contributed by atoms with Crippen LogP contribution < -0.4 is 10.2 Å². The minimum absolute atomic E-state index is 0.0800. The zero-order valence-corrected chi connectivity index (χ0v) is 16.3. The molecule has 4 heterocycles. The number of rotatable bonds is 4. The standard InChI is InChI=1S/C20H25N7O/c1-13-10-17(23-25(13)2)20(28)22-15-4-3-8-26(12-15)19-18-11-16(14-5-6-14)24-27(18)9-7-21-19/h7,9-11,14-15H,3-6,8,12H2,1-2H3,(H,22,28). The van der Waals surface area contributed by atoms with Crippen LogP contribution >= 0.6 is 0 Å². The molecule has 1 atom stereocenters. The van der Waals surface area contributed by atoms with Crippen molar-refractivity contribution in [2.24, 2.45) is 7.05 Å². The summed E-state index contributed by atoms with van der Waals surface area (Å²) in [6.45, 7) is 3.62. The summed E-state index contributed by atoms with van der Waals surface area (Å²) in [5.41, 5.74) is 3.67. The maximum absolute atomic E-state index is 12.6. The molecule has 2 aliphatic rings. The number of carbonyl (C=O) groups is 1. The maximum atomic E-state index is 12.6. The van der Waals surface area contributed by atoms with Crippen molar-refractivity contribution in [2.45, 2.75) is 44.6 Å². The molecular weight excluding hydrogens is 354 g/mol. The van der Waals surface area contributed by atoms with E-state index < -0.39 is 0 Å². The van der Waals surface area contributed by atoms with Crippen molar-refractivity contribution < 1.29 is 4.79 Å². The van der Waals surface area contributed by atoms with E-state index in [4.69, 9.17) is 5.10 Å². The number of nitrogens with one attached hydrogen (secondary N) is 1. The molecule has 1 unspecified atom stereocenters. The van der Waals surface area contributed by atoms with Crippen LogP contribution in [0, 0.1) is 6.92 Å². The van der Waals surface area contributed by atoms with Gasteiger partial charge in [0.25, 0.3) is 5.91 Å². The Morgan fingerprint density at radius 1 is 1.21 bits per heavy atom. The molecule has 3 aromatic rings. The minimum atomic E-state index is -0.109. The molecule has 1 amide bonds. The van der Waals surface area contributed by atoms with Gasteiger partial charge in [-0.2, -0.15) is 10.2 Å². The van der Waals surface area contributed by atoms with Crippen LogP contribution in [0.1, 0.15) is 53.5 Å². The lowest BCUT2D eigenvalue weighted by Gasteiger charge is -2.34. The molecule has 1 aliphatic heterocycles. The summed E-state index contributed by atoms with van der Waals surface area (Å²) in [7, 11) is 1.85. The summed E-state index contributed by atoms with van der Waals surface area (Å²) in [6, 6.07) is 4.08. The molecule has 1 N–H and O–H groups in total. The van der Waals surface area contributed by atoms with Crippen LogP contribution in [-0.4, -0.2) is 49.4 Å². The van der Waals surface area contributed by atoms with Crippen LogP contribution in [0.5, 0.6) is 0 Å². The van der Waals surface area contributed by atoms with E-state index in [1.54, 1.807) is 4.68 Å². The van der Waals surface area contributed by atoms with Crippen molar-refractivity contribution in [1.29, 1.82) is 0 Å². The quantitative estimate of drug-likeness (QED) is 0.750. The number of carbonyl (C=O) groups excluding carboxylic acids is 1. The Labute approximate surface area is 163 Å². The van der Waals surface area contributed by atoms with Gasteiger partial charge in [-0.05, 0) is 44.7 Å². The summed E-state index contributed by atoms with van der Waals surface area (Å²) in [5.74, 6) is 1.46. The van der Waals surface area contributed by atoms with Gasteiger partial charge in [0.15, 0.2) is 5.82 Å². The van der Waals surface area contributed by atoms with Crippen molar-refractivity contribution in [2.75, 3.05) is 18.0 Å². The summed E-state index contributed by atoms with van der Waals surface area (Å²) in [5, 5.41) is 12.2. The van der Waals surface area contributed by atoms with Gasteiger partial charge >= 0.3 is 0 Å². The summed E-state index contributed by atoms with van der Waals surface area (Å²) >= 11 is 0. The van der Waals surface area contributed by atoms with Gasteiger partial charge in [-0.1, -0.05) is 0 Å². The molecular formula is C20H25N7O. The van der Waals surface area contributed by atoms with Crippen molar-refractivity contribution in [1.82, 2.24) is 29.7 Å². The van der Waals surface area contributed by atoms with Crippen LogP contribution in [0.3, 0.4) is 0 Å². The molecule has 5 rings (SSSR count). The molecule has 0 spiro atoms. The van der Waals surface area contributed by atoms with Crippen LogP contribution in [-0.2, 0) is 7.05 Å². The molecule has 146 valence electrons. The van der Waals surface area contributed by atoms with Crippen LogP contribution in [0.15, 0.2) is 24.5 Å². The molecule has 2 fully saturated rings. The zero-order chi connectivity index (χ0) is 19.3. The number of hydrogen-bond acceptors (Lipinski definition) is 5. The second-order valence-corrected chi connectivity index (χ2v) is 7.98. The van der Waals surface area contributed by atoms with E-state index in [0.29, 0.717) is 11.6 Å². The molecule has 0 radical (unpaired) electrons. The number of fused-ring (bicyclic) bond motifs is 1. The summed E-state index contributed by atoms with van der Waals surface area (Å²) in [4.78, 5) is 19.5. The molecule has 0 aromatic carbocycles. The highest BCUT2D eigenvalue weighted by atomic mass is 16.2. The highest BCUT2D eigenvalue weighted by Crippen LogP contribution is 2.40. The van der Waals surface area contributed by atoms with E-state index in [9.17, 15) is 4.79 Å². The predicted molar refractivity (Wildman–Crippen MR) is 106 cm³/mol. The van der Waals surface area contributed by atoms with Gasteiger partial charge in [-0.3, -0.25) is 9.48 Å². The Morgan fingerprint density at radius 2 is 2.07 bits per heavy atom. The van der Waals surface area contributed by atoms with Crippen molar-refractivity contribution >= 4 is 17.2 Å². The molecule has 0 bridgehead atoms. The Bertz CT molecular complexity index is 1010. The van der Waals surface area contributed by atoms with Gasteiger partial charge in [0.2, 0.25) is 0 Å². The second kappa shape index (κ2) is 6.61. The highest BCUT2D eigenvalue weighted by Gasteiger charge is 2.29. The first-order valence-corrected chi connectivity index (χ1v) is 9.99. The van der Waals surface area contributed by atoms with Gasteiger partial charge in [0.1, 0.15) is 11.2 Å². The molecule has 1 aliphatic carbocycles. The van der Waals surface area contributed by atoms with Crippen molar-refractivity contribution in [3.63, 3.8) is 0 Å². The Hall–Kier alpha value is -2.90. The first-order valence-electron chi connectivity index (χ1n) is 9.99. The third-order valence-corrected chi connectivity index (χ3v) is 5.79. The second-order valence-electron chi connectivity index (χ2n) is 7.98. The zero-order valence-electron chi connectivity index (χ0n) is 16.3. The number of aromatic nitrogens is 5. The molecule has 1 saturated carbocycles. The van der Waals surface area contributed by atoms with E-state index in [1.807, 2.05) is 36.9 Å². The van der Waals surface area contributed by atoms with Crippen LogP contribution in [0.25, 0.3) is 5.52 Å². The monoisotopic (exact) mass is 379 g/mol. The SMILES string of the molecule is Cc1cc(C(=O)NC2CCCN(c3nccn4nc(C5CC5)cc34)C2)nn1C. The number of aryl methyl sites for hydroxylation is 2. The third kappa shape index (κ3) is 3.12.